The average Bonchev–Trinajstić information content (AvgIpc) is 3.60. The molecule has 6 rings (SSSR count). The minimum atomic E-state index is -1.21. The van der Waals surface area contributed by atoms with E-state index in [1.807, 2.05) is 43.3 Å². The molecule has 1 aromatic heterocycles. The number of nitrogens with zero attached hydrogens (tertiary/aromatic N) is 5. The molecule has 0 bridgehead atoms. The minimum Gasteiger partial charge on any atom is -0.465 e. The Bertz CT molecular complexity index is 2400. The molecule has 1 aliphatic rings. The van der Waals surface area contributed by atoms with Crippen molar-refractivity contribution in [2.24, 2.45) is 16.7 Å². The lowest BCUT2D eigenvalue weighted by Gasteiger charge is -2.22. The first-order valence-corrected chi connectivity index (χ1v) is 19.9. The quantitative estimate of drug-likeness (QED) is 0.0108. The van der Waals surface area contributed by atoms with E-state index in [9.17, 15) is 24.5 Å². The van der Waals surface area contributed by atoms with Gasteiger partial charge in [-0.25, -0.2) is 20.2 Å². The van der Waals surface area contributed by atoms with Crippen LogP contribution in [0.15, 0.2) is 96.1 Å². The van der Waals surface area contributed by atoms with E-state index in [1.54, 1.807) is 47.0 Å². The molecule has 62 heavy (non-hydrogen) atoms. The minimum absolute atomic E-state index is 0.00216. The lowest BCUT2D eigenvalue weighted by molar-refractivity contribution is -0.763. The molecule has 1 fully saturated rings. The van der Waals surface area contributed by atoms with Crippen molar-refractivity contribution in [2.45, 2.75) is 84.6 Å². The molecule has 326 valence electrons. The number of hydrogen-bond acceptors (Lipinski definition) is 16. The van der Waals surface area contributed by atoms with E-state index in [0.717, 1.165) is 53.9 Å². The molecule has 1 heterocycles. The van der Waals surface area contributed by atoms with Crippen molar-refractivity contribution in [3.8, 4) is 22.9 Å². The number of esters is 1. The first-order chi connectivity index (χ1) is 29.9. The number of carbonyl (C=O) groups is 3. The van der Waals surface area contributed by atoms with Crippen molar-refractivity contribution < 1.29 is 52.7 Å². The number of carbonyl (C=O) groups excluding carboxylic acids is 3. The summed E-state index contributed by atoms with van der Waals surface area (Å²) in [7, 11) is 0. The highest BCUT2D eigenvalue weighted by molar-refractivity contribution is 6.04. The van der Waals surface area contributed by atoms with E-state index in [4.69, 9.17) is 40.0 Å². The molecule has 1 aliphatic carbocycles. The van der Waals surface area contributed by atoms with Crippen molar-refractivity contribution in [2.75, 3.05) is 6.61 Å². The van der Waals surface area contributed by atoms with Gasteiger partial charge in [0.05, 0.1) is 29.7 Å². The number of amidine groups is 1. The zero-order valence-electron chi connectivity index (χ0n) is 34.3. The Morgan fingerprint density at radius 2 is 1.61 bits per heavy atom. The van der Waals surface area contributed by atoms with Gasteiger partial charge in [0.15, 0.2) is 5.84 Å². The summed E-state index contributed by atoms with van der Waals surface area (Å²) in [5.74, 6) is 5.43. The van der Waals surface area contributed by atoms with Crippen molar-refractivity contribution in [3.05, 3.63) is 123 Å². The van der Waals surface area contributed by atoms with Gasteiger partial charge in [0.2, 0.25) is 12.5 Å². The zero-order valence-corrected chi connectivity index (χ0v) is 34.3. The lowest BCUT2D eigenvalue weighted by Crippen LogP contribution is -2.40. The molecule has 1 saturated carbocycles. The van der Waals surface area contributed by atoms with Crippen LogP contribution in [0.1, 0.15) is 79.9 Å². The predicted octanol–water partition coefficient (Wildman–Crippen LogP) is 7.20. The van der Waals surface area contributed by atoms with Crippen LogP contribution in [0, 0.1) is 10.1 Å². The summed E-state index contributed by atoms with van der Waals surface area (Å²) >= 11 is 0. The van der Waals surface area contributed by atoms with Crippen LogP contribution in [0.25, 0.3) is 22.2 Å². The van der Waals surface area contributed by atoms with Crippen LogP contribution in [0.3, 0.4) is 0 Å². The number of ether oxygens (including phenoxy) is 6. The number of fused-ring (bicyclic) bond motifs is 1. The fourth-order valence-corrected chi connectivity index (χ4v) is 6.78. The Balaban J connectivity index is 1.14. The third kappa shape index (κ3) is 11.4. The average molecular weight is 854 g/mol. The van der Waals surface area contributed by atoms with E-state index in [-0.39, 0.29) is 35.4 Å². The van der Waals surface area contributed by atoms with Crippen LogP contribution in [0.2, 0.25) is 0 Å². The third-order valence-electron chi connectivity index (χ3n) is 9.74. The maximum Gasteiger partial charge on any atom is 0.515 e. The molecular formula is C43H47N7O12. The van der Waals surface area contributed by atoms with Gasteiger partial charge in [-0.15, -0.1) is 15.2 Å². The zero-order chi connectivity index (χ0) is 44.2. The SMILES string of the molecule is CCOc1nc2cccc(C(=O)OC(C)OC(=O)OC3CCCCC3)c2n1Cc1ccc(-c2ccccc2/C(N)=N/N(N)C(C)OC(=O)Oc2ccccc2CO[N+](=O)[O-])cc1. The third-order valence-corrected chi connectivity index (χ3v) is 9.74. The predicted molar refractivity (Wildman–Crippen MR) is 223 cm³/mol. The second-order valence-corrected chi connectivity index (χ2v) is 14.1. The molecule has 0 radical (unpaired) electrons. The van der Waals surface area contributed by atoms with Crippen LogP contribution < -0.4 is 21.1 Å². The van der Waals surface area contributed by atoms with Crippen LogP contribution in [-0.2, 0) is 36.9 Å². The number of hydrazine groups is 1. The number of nitrogens with two attached hydrogens (primary N) is 2. The molecule has 4 N–H and O–H groups in total. The molecule has 19 nitrogen and oxygen atoms in total. The van der Waals surface area contributed by atoms with Gasteiger partial charge < -0.3 is 39.0 Å². The Morgan fingerprint density at radius 3 is 2.35 bits per heavy atom. The van der Waals surface area contributed by atoms with Crippen LogP contribution in [-0.4, -0.2) is 69.1 Å². The highest BCUT2D eigenvalue weighted by Gasteiger charge is 2.25. The molecular weight excluding hydrogens is 807 g/mol. The topological polar surface area (TPSA) is 244 Å². The molecule has 0 saturated heterocycles. The molecule has 0 amide bonds. The van der Waals surface area contributed by atoms with Crippen LogP contribution >= 0.6 is 0 Å². The van der Waals surface area contributed by atoms with Crippen LogP contribution in [0.5, 0.6) is 11.8 Å². The van der Waals surface area contributed by atoms with Crippen molar-refractivity contribution >= 4 is 35.1 Å². The number of aromatic nitrogens is 2. The summed E-state index contributed by atoms with van der Waals surface area (Å²) < 4.78 is 34.4. The maximum absolute atomic E-state index is 13.6. The number of hydrogen-bond donors (Lipinski definition) is 2. The summed E-state index contributed by atoms with van der Waals surface area (Å²) in [6.45, 7) is 4.88. The van der Waals surface area contributed by atoms with Gasteiger partial charge in [-0.1, -0.05) is 79.2 Å². The molecule has 2 atom stereocenters. The van der Waals surface area contributed by atoms with Crippen molar-refractivity contribution in [1.29, 1.82) is 0 Å². The molecule has 0 spiro atoms. The maximum atomic E-state index is 13.6. The van der Waals surface area contributed by atoms with Gasteiger partial charge in [-0.2, -0.15) is 10.1 Å². The lowest BCUT2D eigenvalue weighted by atomic mass is 9.98. The first-order valence-electron chi connectivity index (χ1n) is 19.9. The standard InChI is InChI=1S/C43H47N7O12/c1-4-56-41-46-36-19-12-18-35(40(51)59-28(3)60-43(53)61-32-14-6-5-7-15-32)38(36)48(41)25-29-21-23-30(24-22-29)33-16-9-10-17-34(33)39(44)47-49(45)27(2)58-42(52)62-37-20-11-8-13-31(37)26-57-50(54)55/h8-13,16-24,27-28,32H,4-7,14-15,25-26,45H2,1-3H3,(H2,44,47). The molecule has 0 aliphatic heterocycles. The van der Waals surface area contributed by atoms with E-state index in [0.29, 0.717) is 29.2 Å². The van der Waals surface area contributed by atoms with Gasteiger partial charge in [-0.05, 0) is 74.4 Å². The molecule has 19 heteroatoms. The van der Waals surface area contributed by atoms with Crippen molar-refractivity contribution in [1.82, 2.24) is 14.7 Å². The normalized spacial score (nSPS) is 14.0. The smallest absolute Gasteiger partial charge is 0.465 e. The Kier molecular flexibility index (Phi) is 14.8. The second-order valence-electron chi connectivity index (χ2n) is 14.1. The van der Waals surface area contributed by atoms with Crippen molar-refractivity contribution in [3.63, 3.8) is 0 Å². The summed E-state index contributed by atoms with van der Waals surface area (Å²) in [6.07, 6.45) is 0.0347. The van der Waals surface area contributed by atoms with Gasteiger partial charge in [0, 0.05) is 18.1 Å². The van der Waals surface area contributed by atoms with E-state index < -0.39 is 42.5 Å². The molecule has 5 aromatic rings. The Hall–Kier alpha value is -7.41. The summed E-state index contributed by atoms with van der Waals surface area (Å²) in [5.41, 5.74) is 10.8. The van der Waals surface area contributed by atoms with E-state index >= 15 is 0 Å². The fourth-order valence-electron chi connectivity index (χ4n) is 6.78. The summed E-state index contributed by atoms with van der Waals surface area (Å²) in [5, 5.41) is 14.8. The van der Waals surface area contributed by atoms with Gasteiger partial charge in [-0.3, -0.25) is 4.57 Å². The second kappa shape index (κ2) is 20.7. The number of para-hydroxylation sites is 2. The monoisotopic (exact) mass is 853 g/mol. The first kappa shape index (κ1) is 44.2. The molecule has 4 aromatic carbocycles. The van der Waals surface area contributed by atoms with Gasteiger partial charge in [0.1, 0.15) is 18.5 Å². The highest BCUT2D eigenvalue weighted by Crippen LogP contribution is 2.30. The van der Waals surface area contributed by atoms with E-state index in [1.165, 1.54) is 26.0 Å². The fraction of sp³-hybridized carbons (Fsp3) is 0.326. The number of imidazole rings is 1. The number of benzene rings is 4. The highest BCUT2D eigenvalue weighted by atomic mass is 16.9. The van der Waals surface area contributed by atoms with E-state index in [2.05, 4.69) is 14.9 Å². The Morgan fingerprint density at radius 1 is 0.903 bits per heavy atom. The number of rotatable bonds is 17. The largest absolute Gasteiger partial charge is 0.515 e. The van der Waals surface area contributed by atoms with Gasteiger partial charge in [0.25, 0.3) is 11.1 Å². The summed E-state index contributed by atoms with van der Waals surface area (Å²) in [4.78, 5) is 58.2. The number of hydrazone groups is 1. The Labute approximate surface area is 356 Å². The van der Waals surface area contributed by atoms with Crippen LogP contribution in [0.4, 0.5) is 9.59 Å². The molecule has 2 unspecified atom stereocenters. The summed E-state index contributed by atoms with van der Waals surface area (Å²) in [6, 6.07) is 26.3. The van der Waals surface area contributed by atoms with Gasteiger partial charge >= 0.3 is 18.3 Å².